The maximum Gasteiger partial charge on any atom is 0.326 e. The number of guanidine groups is 3. The predicted octanol–water partition coefficient (Wildman–Crippen LogP) is -1.30. The number of carboxylic acid groups (broad SMARTS) is 1. The number of aromatic nitrogens is 3. The summed E-state index contributed by atoms with van der Waals surface area (Å²) in [5.41, 5.74) is 32.7. The number of aromatic hydroxyl groups is 1. The number of phenols is 1. The van der Waals surface area contributed by atoms with Crippen LogP contribution in [0.25, 0.3) is 32.7 Å². The molecule has 0 spiro atoms. The van der Waals surface area contributed by atoms with Crippen LogP contribution in [0, 0.1) is 16.2 Å². The summed E-state index contributed by atoms with van der Waals surface area (Å²) in [4.78, 5) is 140. The van der Waals surface area contributed by atoms with Crippen LogP contribution in [0.4, 0.5) is 0 Å². The van der Waals surface area contributed by atoms with Gasteiger partial charge in [-0.3, -0.25) is 54.6 Å². The van der Waals surface area contributed by atoms with E-state index < -0.39 is 114 Å². The lowest BCUT2D eigenvalue weighted by atomic mass is 9.99. The third kappa shape index (κ3) is 24.2. The molecule has 3 heterocycles. The van der Waals surface area contributed by atoms with Crippen molar-refractivity contribution in [1.82, 2.24) is 73.4 Å². The second kappa shape index (κ2) is 39.4. The number of H-pyrrole nitrogens is 3. The Kier molecular flexibility index (Phi) is 30.2. The number of unbranched alkanes of at least 4 members (excludes halogenated alkanes) is 1. The lowest BCUT2D eigenvalue weighted by Crippen LogP contribution is -2.62. The zero-order valence-corrected chi connectivity index (χ0v) is 57.7. The number of fused-ring (bicyclic) bond motifs is 3. The molecule has 30 N–H and O–H groups in total. The molecule has 104 heavy (non-hydrogen) atoms. The number of carboxylic acids is 1. The van der Waals surface area contributed by atoms with Crippen LogP contribution in [0.15, 0.2) is 116 Å². The van der Waals surface area contributed by atoms with E-state index in [0.717, 1.165) is 10.9 Å². The molecule has 7 aromatic rings. The van der Waals surface area contributed by atoms with Crippen molar-refractivity contribution in [2.75, 3.05) is 26.2 Å². The summed E-state index contributed by atoms with van der Waals surface area (Å²) >= 11 is 0. The van der Waals surface area contributed by atoms with Crippen LogP contribution >= 0.6 is 0 Å². The van der Waals surface area contributed by atoms with Gasteiger partial charge >= 0.3 is 5.97 Å². The van der Waals surface area contributed by atoms with Crippen molar-refractivity contribution in [3.8, 4) is 5.75 Å². The number of aliphatic hydroxyl groups excluding tert-OH is 1. The van der Waals surface area contributed by atoms with E-state index in [2.05, 4.69) is 73.4 Å². The zero-order valence-electron chi connectivity index (χ0n) is 57.7. The fourth-order valence-corrected chi connectivity index (χ4v) is 11.9. The number of aromatic amines is 3. The minimum absolute atomic E-state index is 0.0380. The van der Waals surface area contributed by atoms with Crippen molar-refractivity contribution in [2.24, 2.45) is 28.7 Å². The Hall–Kier alpha value is -11.8. The van der Waals surface area contributed by atoms with Gasteiger partial charge in [0, 0.05) is 96.6 Å². The lowest BCUT2D eigenvalue weighted by Gasteiger charge is -2.29. The minimum atomic E-state index is -1.85. The molecule has 10 atom stereocenters. The van der Waals surface area contributed by atoms with Crippen molar-refractivity contribution < 1.29 is 58.5 Å². The molecule has 4 aromatic carbocycles. The first kappa shape index (κ1) is 79.5. The number of phenolic OH excluding ortho intramolecular Hbond substituents is 1. The summed E-state index contributed by atoms with van der Waals surface area (Å²) in [7, 11) is 0. The molecule has 7 rings (SSSR count). The average Bonchev–Trinajstić information content (AvgIpc) is 1.62. The number of aliphatic hydroxyl groups is 1. The van der Waals surface area contributed by atoms with Gasteiger partial charge in [0.05, 0.1) is 12.1 Å². The number of carbonyl (C=O) groups is 9. The van der Waals surface area contributed by atoms with Gasteiger partial charge in [-0.15, -0.1) is 0 Å². The normalized spacial score (nSPS) is 14.1. The Balaban J connectivity index is 1.16. The molecule has 0 radical (unpaired) electrons. The molecular weight excluding hydrogens is 1340 g/mol. The summed E-state index contributed by atoms with van der Waals surface area (Å²) in [6.07, 6.45) is 3.48. The van der Waals surface area contributed by atoms with Crippen LogP contribution in [-0.4, -0.2) is 188 Å². The van der Waals surface area contributed by atoms with Gasteiger partial charge in [-0.05, 0) is 124 Å². The van der Waals surface area contributed by atoms with Gasteiger partial charge in [-0.1, -0.05) is 66.7 Å². The van der Waals surface area contributed by atoms with Gasteiger partial charge in [0.25, 0.3) is 0 Å². The molecule has 0 saturated heterocycles. The first-order valence-corrected chi connectivity index (χ1v) is 34.2. The van der Waals surface area contributed by atoms with Crippen molar-refractivity contribution >= 4 is 104 Å². The molecule has 0 aliphatic heterocycles. The molecule has 0 aliphatic carbocycles. The molecule has 0 saturated carbocycles. The Labute approximate surface area is 599 Å². The SMILES string of the molecule is C[C@@H](O)[C@H](NC(=O)[C@H](CCCCN)NC(=O)[C@H](CCCNC(=N)N)NC(=O)[C@H](CCCNC(=N)N)NC(=O)[C@@H](N)CCCNC(=N)N)C(=O)N[C@@H](Cc1c[nH]c2ccccc12)C(=O)N[C@@H](Cc1ccc(O)cc1)C(=O)N[C@@H](Cc1c[nH]c2ccccc12)C(=O)N[C@@H](Cc1c[nH]c2ccccc12)C(=O)O. The van der Waals surface area contributed by atoms with E-state index >= 15 is 9.59 Å². The second-order valence-electron chi connectivity index (χ2n) is 25.4. The quantitative estimate of drug-likeness (QED) is 0.0120. The predicted molar refractivity (Wildman–Crippen MR) is 391 cm³/mol. The molecular formula is C70H96N22O12. The number of benzene rings is 4. The van der Waals surface area contributed by atoms with Crippen molar-refractivity contribution in [3.05, 3.63) is 138 Å². The maximum atomic E-state index is 15.3. The smallest absolute Gasteiger partial charge is 0.326 e. The van der Waals surface area contributed by atoms with Crippen LogP contribution in [0.3, 0.4) is 0 Å². The topological polar surface area (TPSA) is 596 Å². The highest BCUT2D eigenvalue weighted by atomic mass is 16.4. The largest absolute Gasteiger partial charge is 0.508 e. The molecule has 0 fully saturated rings. The van der Waals surface area contributed by atoms with Gasteiger partial charge < -0.3 is 117 Å². The highest BCUT2D eigenvalue weighted by molar-refractivity contribution is 5.99. The molecule has 558 valence electrons. The summed E-state index contributed by atoms with van der Waals surface area (Å²) in [6, 6.07) is 13.9. The fraction of sp³-hybridized carbons (Fsp3) is 0.400. The summed E-state index contributed by atoms with van der Waals surface area (Å²) in [5.74, 6) is -9.75. The summed E-state index contributed by atoms with van der Waals surface area (Å²) in [5, 5.41) is 86.3. The fourth-order valence-electron chi connectivity index (χ4n) is 11.9. The molecule has 0 bridgehead atoms. The Bertz CT molecular complexity index is 4120. The average molecular weight is 1440 g/mol. The van der Waals surface area contributed by atoms with Crippen LogP contribution in [0.2, 0.25) is 0 Å². The number of nitrogens with one attached hydrogen (secondary N) is 17. The van der Waals surface area contributed by atoms with E-state index in [1.165, 1.54) is 31.2 Å². The number of hydrogen-bond donors (Lipinski definition) is 25. The summed E-state index contributed by atoms with van der Waals surface area (Å²) in [6.45, 7) is 1.80. The molecule has 8 amide bonds. The standard InChI is InChI=1S/C70H96N22O12/c1-38(93)58(92-62(98)51(20-8-9-27-71)86-61(97)53(22-12-30-81-70(77)78)87-60(96)52(21-11-29-80-69(75)76)85-59(95)47(72)16-10-28-79-68(73)74)66(102)90-56(33-41-36-83-49-18-6-3-14-45(41)49)64(100)88-54(31-39-23-25-43(94)26-24-39)63(99)89-55(32-40-35-82-48-17-5-2-13-44(40)48)65(101)91-57(67(103)104)34-42-37-84-50-19-7-4-15-46(42)50/h2-7,13-15,17-19,23-26,35-38,47,51-58,82-84,93-94H,8-12,16,20-22,27-34,71-72H2,1H3,(H,85,95)(H,86,97)(H,87,96)(H,88,100)(H,89,99)(H,90,102)(H,91,101)(H,92,98)(H,103,104)(H4,73,74,79)(H4,75,76,80)(H4,77,78,81)/t38-,47+,51+,52+,53+,54+,55+,56+,57+,58+/m1/s1. The number of hydrogen-bond acceptors (Lipinski definition) is 16. The molecule has 34 heteroatoms. The number of para-hydroxylation sites is 3. The molecule has 0 unspecified atom stereocenters. The van der Waals surface area contributed by atoms with Crippen LogP contribution in [0.5, 0.6) is 5.75 Å². The van der Waals surface area contributed by atoms with E-state index in [1.54, 1.807) is 61.1 Å². The van der Waals surface area contributed by atoms with Crippen LogP contribution < -0.4 is 87.2 Å². The maximum absolute atomic E-state index is 15.3. The lowest BCUT2D eigenvalue weighted by molar-refractivity contribution is -0.142. The highest BCUT2D eigenvalue weighted by Crippen LogP contribution is 2.24. The molecule has 0 aliphatic rings. The van der Waals surface area contributed by atoms with Gasteiger partial charge in [-0.2, -0.15) is 0 Å². The van der Waals surface area contributed by atoms with E-state index in [0.29, 0.717) is 56.9 Å². The Morgan fingerprint density at radius 3 is 1.16 bits per heavy atom. The minimum Gasteiger partial charge on any atom is -0.508 e. The van der Waals surface area contributed by atoms with E-state index in [9.17, 15) is 48.9 Å². The monoisotopic (exact) mass is 1440 g/mol. The zero-order chi connectivity index (χ0) is 75.4. The number of carbonyl (C=O) groups excluding carboxylic acids is 8. The second-order valence-corrected chi connectivity index (χ2v) is 25.4. The third-order valence-electron chi connectivity index (χ3n) is 17.4. The van der Waals surface area contributed by atoms with Gasteiger partial charge in [0.15, 0.2) is 17.9 Å². The summed E-state index contributed by atoms with van der Waals surface area (Å²) < 4.78 is 0. The first-order chi connectivity index (χ1) is 49.8. The third-order valence-corrected chi connectivity index (χ3v) is 17.4. The number of amides is 8. The first-order valence-electron chi connectivity index (χ1n) is 34.2. The van der Waals surface area contributed by atoms with Crippen molar-refractivity contribution in [2.45, 2.75) is 151 Å². The van der Waals surface area contributed by atoms with E-state index in [4.69, 9.17) is 44.9 Å². The van der Waals surface area contributed by atoms with Gasteiger partial charge in [0.1, 0.15) is 54.1 Å². The Morgan fingerprint density at radius 1 is 0.423 bits per heavy atom. The van der Waals surface area contributed by atoms with Crippen molar-refractivity contribution in [1.29, 1.82) is 16.2 Å². The highest BCUT2D eigenvalue weighted by Gasteiger charge is 2.37. The molecule has 3 aromatic heterocycles. The molecule has 34 nitrogen and oxygen atoms in total. The van der Waals surface area contributed by atoms with E-state index in [1.807, 2.05) is 30.3 Å². The number of nitrogens with two attached hydrogens (primary N) is 5. The number of aliphatic carboxylic acids is 1. The number of rotatable bonds is 42. The van der Waals surface area contributed by atoms with Crippen LogP contribution in [0.1, 0.15) is 87.0 Å². The van der Waals surface area contributed by atoms with Gasteiger partial charge in [0.2, 0.25) is 47.3 Å². The van der Waals surface area contributed by atoms with Gasteiger partial charge in [-0.25, -0.2) is 4.79 Å². The van der Waals surface area contributed by atoms with E-state index in [-0.39, 0.29) is 120 Å². The van der Waals surface area contributed by atoms with Crippen LogP contribution in [-0.2, 0) is 68.8 Å². The Morgan fingerprint density at radius 2 is 0.760 bits per heavy atom. The van der Waals surface area contributed by atoms with Crippen molar-refractivity contribution in [3.63, 3.8) is 0 Å².